The predicted octanol–water partition coefficient (Wildman–Crippen LogP) is 5.15. The Bertz CT molecular complexity index is 1230. The predicted molar refractivity (Wildman–Crippen MR) is 134 cm³/mol. The topological polar surface area (TPSA) is 73.8 Å². The highest BCUT2D eigenvalue weighted by Crippen LogP contribution is 2.48. The molecule has 0 radical (unpaired) electrons. The number of anilines is 2. The third-order valence-corrected chi connectivity index (χ3v) is 7.33. The molecule has 34 heavy (non-hydrogen) atoms. The zero-order chi connectivity index (χ0) is 23.9. The lowest BCUT2D eigenvalue weighted by Gasteiger charge is -2.25. The van der Waals surface area contributed by atoms with Gasteiger partial charge in [-0.25, -0.2) is 4.79 Å². The van der Waals surface area contributed by atoms with Crippen molar-refractivity contribution in [1.82, 2.24) is 4.57 Å². The van der Waals surface area contributed by atoms with Crippen molar-refractivity contribution >= 4 is 28.2 Å². The highest BCUT2D eigenvalue weighted by atomic mass is 16.5. The van der Waals surface area contributed by atoms with Crippen LogP contribution in [0.15, 0.2) is 36.4 Å². The summed E-state index contributed by atoms with van der Waals surface area (Å²) in [7, 11) is 4.83. The molecule has 0 amide bonds. The molecule has 2 aromatic carbocycles. The maximum Gasteiger partial charge on any atom is 0.337 e. The fourth-order valence-corrected chi connectivity index (χ4v) is 5.32. The van der Waals surface area contributed by atoms with E-state index < -0.39 is 0 Å². The number of esters is 1. The number of carbonyl (C=O) groups excluding carboxylic acids is 1. The van der Waals surface area contributed by atoms with Crippen LogP contribution in [-0.4, -0.2) is 44.0 Å². The number of aromatic nitrogens is 1. The van der Waals surface area contributed by atoms with Crippen molar-refractivity contribution in [1.29, 1.82) is 0 Å². The molecule has 1 aromatic heterocycles. The van der Waals surface area contributed by atoms with E-state index in [9.17, 15) is 4.79 Å². The maximum atomic E-state index is 12.4. The Morgan fingerprint density at radius 2 is 2.03 bits per heavy atom. The summed E-state index contributed by atoms with van der Waals surface area (Å²) in [6.07, 6.45) is 3.03. The minimum atomic E-state index is -0.367. The standard InChI is InChI=1S/C27H33N3O4/c1-17(15-27(34-4)8-9-27)21-13-19(26(31)33-3)14-23(32-2)24(21)29-16-20-12-18-6-5-7-22-25(18)30(20)11-10-28-22/h5-7,12-14,17,28-29H,8-11,15-16H2,1-4H3. The fraction of sp³-hybridized carbons (Fsp3) is 0.444. The molecule has 1 aliphatic carbocycles. The Hall–Kier alpha value is -3.19. The van der Waals surface area contributed by atoms with Gasteiger partial charge in [0.1, 0.15) is 5.75 Å². The summed E-state index contributed by atoms with van der Waals surface area (Å²) >= 11 is 0. The first-order chi connectivity index (χ1) is 16.5. The molecule has 7 heteroatoms. The van der Waals surface area contributed by atoms with Crippen LogP contribution in [0.3, 0.4) is 0 Å². The number of rotatable bonds is 9. The molecular formula is C27H33N3O4. The average Bonchev–Trinajstić information content (AvgIpc) is 3.55. The summed E-state index contributed by atoms with van der Waals surface area (Å²) in [4.78, 5) is 12.4. The second-order valence-corrected chi connectivity index (χ2v) is 9.44. The number of carbonyl (C=O) groups is 1. The van der Waals surface area contributed by atoms with Crippen LogP contribution in [0.1, 0.15) is 53.7 Å². The van der Waals surface area contributed by atoms with Gasteiger partial charge in [-0.1, -0.05) is 19.1 Å². The van der Waals surface area contributed by atoms with Crippen LogP contribution in [0.2, 0.25) is 0 Å². The molecule has 5 rings (SSSR count). The van der Waals surface area contributed by atoms with Gasteiger partial charge in [-0.3, -0.25) is 0 Å². The fourth-order valence-electron chi connectivity index (χ4n) is 5.32. The molecule has 1 aliphatic heterocycles. The van der Waals surface area contributed by atoms with Crippen molar-refractivity contribution in [3.8, 4) is 5.75 Å². The second kappa shape index (κ2) is 8.87. The largest absolute Gasteiger partial charge is 0.495 e. The normalized spacial score (nSPS) is 16.6. The summed E-state index contributed by atoms with van der Waals surface area (Å²) in [5.41, 5.74) is 6.05. The highest BCUT2D eigenvalue weighted by molar-refractivity contribution is 5.93. The van der Waals surface area contributed by atoms with E-state index in [0.29, 0.717) is 17.9 Å². The molecule has 2 N–H and O–H groups in total. The van der Waals surface area contributed by atoms with E-state index in [-0.39, 0.29) is 17.5 Å². The Morgan fingerprint density at radius 3 is 2.74 bits per heavy atom. The zero-order valence-corrected chi connectivity index (χ0v) is 20.4. The van der Waals surface area contributed by atoms with Crippen molar-refractivity contribution in [2.24, 2.45) is 0 Å². The van der Waals surface area contributed by atoms with Gasteiger partial charge in [-0.2, -0.15) is 0 Å². The third kappa shape index (κ3) is 3.98. The van der Waals surface area contributed by atoms with Gasteiger partial charge in [-0.05, 0) is 55.0 Å². The summed E-state index contributed by atoms with van der Waals surface area (Å²) in [5.74, 6) is 0.446. The van der Waals surface area contributed by atoms with Crippen molar-refractivity contribution < 1.29 is 19.0 Å². The van der Waals surface area contributed by atoms with Gasteiger partial charge < -0.3 is 29.4 Å². The zero-order valence-electron chi connectivity index (χ0n) is 20.4. The third-order valence-electron chi connectivity index (χ3n) is 7.33. The van der Waals surface area contributed by atoms with Crippen molar-refractivity contribution in [3.05, 3.63) is 53.2 Å². The van der Waals surface area contributed by atoms with Crippen LogP contribution in [-0.2, 0) is 22.6 Å². The van der Waals surface area contributed by atoms with Gasteiger partial charge in [0.05, 0.1) is 48.8 Å². The molecule has 0 saturated heterocycles. The smallest absolute Gasteiger partial charge is 0.337 e. The molecule has 2 heterocycles. The Kier molecular flexibility index (Phi) is 5.90. The molecular weight excluding hydrogens is 430 g/mol. The quantitative estimate of drug-likeness (QED) is 0.428. The number of methoxy groups -OCH3 is 3. The Labute approximate surface area is 200 Å². The number of hydrogen-bond acceptors (Lipinski definition) is 6. The van der Waals surface area contributed by atoms with Gasteiger partial charge in [0.25, 0.3) is 0 Å². The minimum Gasteiger partial charge on any atom is -0.495 e. The van der Waals surface area contributed by atoms with Gasteiger partial charge in [0.15, 0.2) is 0 Å². The molecule has 7 nitrogen and oxygen atoms in total. The van der Waals surface area contributed by atoms with E-state index in [1.807, 2.05) is 6.07 Å². The summed E-state index contributed by atoms with van der Waals surface area (Å²) in [5, 5.41) is 8.39. The minimum absolute atomic E-state index is 0.0575. The van der Waals surface area contributed by atoms with Crippen molar-refractivity contribution in [3.63, 3.8) is 0 Å². The monoisotopic (exact) mass is 463 g/mol. The molecule has 3 aromatic rings. The van der Waals surface area contributed by atoms with E-state index in [4.69, 9.17) is 14.2 Å². The molecule has 1 fully saturated rings. The molecule has 2 aliphatic rings. The van der Waals surface area contributed by atoms with E-state index in [0.717, 1.165) is 43.6 Å². The summed E-state index contributed by atoms with van der Waals surface area (Å²) < 4.78 is 18.9. The molecule has 1 saturated carbocycles. The maximum absolute atomic E-state index is 12.4. The van der Waals surface area contributed by atoms with Crippen LogP contribution in [0.25, 0.3) is 10.9 Å². The summed E-state index contributed by atoms with van der Waals surface area (Å²) in [6.45, 7) is 4.67. The van der Waals surface area contributed by atoms with Gasteiger partial charge in [0, 0.05) is 31.3 Å². The highest BCUT2D eigenvalue weighted by Gasteiger charge is 2.44. The lowest BCUT2D eigenvalue weighted by atomic mass is 9.90. The van der Waals surface area contributed by atoms with Crippen LogP contribution < -0.4 is 15.4 Å². The van der Waals surface area contributed by atoms with Gasteiger partial charge in [-0.15, -0.1) is 0 Å². The van der Waals surface area contributed by atoms with E-state index in [1.54, 1.807) is 20.3 Å². The summed E-state index contributed by atoms with van der Waals surface area (Å²) in [6, 6.07) is 12.3. The van der Waals surface area contributed by atoms with Crippen LogP contribution in [0, 0.1) is 0 Å². The van der Waals surface area contributed by atoms with Gasteiger partial charge >= 0.3 is 5.97 Å². The van der Waals surface area contributed by atoms with E-state index >= 15 is 0 Å². The average molecular weight is 464 g/mol. The lowest BCUT2D eigenvalue weighted by Crippen LogP contribution is -2.20. The number of para-hydroxylation sites is 1. The first-order valence-corrected chi connectivity index (χ1v) is 11.9. The SMILES string of the molecule is COC(=O)c1cc(OC)c(NCc2cc3cccc4c3n2CCN4)c(C(C)CC2(OC)CC2)c1. The number of nitrogens with zero attached hydrogens (tertiary/aromatic N) is 1. The number of hydrogen-bond donors (Lipinski definition) is 2. The van der Waals surface area contributed by atoms with Crippen molar-refractivity contribution in [2.75, 3.05) is 38.5 Å². The van der Waals surface area contributed by atoms with Gasteiger partial charge in [0.2, 0.25) is 0 Å². The lowest BCUT2D eigenvalue weighted by molar-refractivity contribution is 0.0600. The number of ether oxygens (including phenoxy) is 3. The first kappa shape index (κ1) is 22.6. The van der Waals surface area contributed by atoms with Crippen molar-refractivity contribution in [2.45, 2.75) is 50.8 Å². The van der Waals surface area contributed by atoms with Crippen LogP contribution in [0.5, 0.6) is 5.75 Å². The van der Waals surface area contributed by atoms with Crippen LogP contribution in [0.4, 0.5) is 11.4 Å². The number of nitrogens with one attached hydrogen (secondary N) is 2. The Balaban J connectivity index is 1.51. The van der Waals surface area contributed by atoms with Crippen LogP contribution >= 0.6 is 0 Å². The van der Waals surface area contributed by atoms with E-state index in [2.05, 4.69) is 46.4 Å². The molecule has 180 valence electrons. The Morgan fingerprint density at radius 1 is 1.21 bits per heavy atom. The second-order valence-electron chi connectivity index (χ2n) is 9.44. The molecule has 1 unspecified atom stereocenters. The first-order valence-electron chi connectivity index (χ1n) is 11.9. The number of benzene rings is 2. The molecule has 1 atom stereocenters. The molecule has 0 spiro atoms. The van der Waals surface area contributed by atoms with E-state index in [1.165, 1.54) is 29.4 Å². The molecule has 0 bridgehead atoms.